The molecule has 1 heterocycles. The van der Waals surface area contributed by atoms with Gasteiger partial charge in [-0.2, -0.15) is 5.10 Å². The SMILES string of the molecule is Cn1nccc1CNC(=O)Cc1cccc(N)c1. The summed E-state index contributed by atoms with van der Waals surface area (Å²) in [4.78, 5) is 11.7. The van der Waals surface area contributed by atoms with Crippen molar-refractivity contribution in [3.8, 4) is 0 Å². The van der Waals surface area contributed by atoms with Crippen molar-refractivity contribution in [1.82, 2.24) is 15.1 Å². The first-order valence-corrected chi connectivity index (χ1v) is 5.73. The van der Waals surface area contributed by atoms with Crippen LogP contribution < -0.4 is 11.1 Å². The molecular weight excluding hydrogens is 228 g/mol. The highest BCUT2D eigenvalue weighted by molar-refractivity contribution is 5.78. The maximum absolute atomic E-state index is 11.7. The molecule has 0 radical (unpaired) electrons. The van der Waals surface area contributed by atoms with Gasteiger partial charge in [0.1, 0.15) is 0 Å². The molecule has 1 amide bonds. The first-order chi connectivity index (χ1) is 8.65. The topological polar surface area (TPSA) is 72.9 Å². The van der Waals surface area contributed by atoms with Crippen LogP contribution in [0.4, 0.5) is 5.69 Å². The minimum absolute atomic E-state index is 0.0261. The maximum atomic E-state index is 11.7. The number of aryl methyl sites for hydroxylation is 1. The highest BCUT2D eigenvalue weighted by atomic mass is 16.1. The molecule has 0 aliphatic heterocycles. The van der Waals surface area contributed by atoms with E-state index < -0.39 is 0 Å². The van der Waals surface area contributed by atoms with Crippen LogP contribution in [-0.4, -0.2) is 15.7 Å². The van der Waals surface area contributed by atoms with E-state index in [0.717, 1.165) is 11.3 Å². The van der Waals surface area contributed by atoms with Crippen molar-refractivity contribution in [3.63, 3.8) is 0 Å². The van der Waals surface area contributed by atoms with E-state index in [9.17, 15) is 4.79 Å². The summed E-state index contributed by atoms with van der Waals surface area (Å²) in [5, 5.41) is 6.89. The van der Waals surface area contributed by atoms with Crippen LogP contribution in [0.15, 0.2) is 36.5 Å². The Morgan fingerprint density at radius 2 is 2.28 bits per heavy atom. The van der Waals surface area contributed by atoms with Gasteiger partial charge in [0.2, 0.25) is 5.91 Å². The Morgan fingerprint density at radius 1 is 1.44 bits per heavy atom. The van der Waals surface area contributed by atoms with Gasteiger partial charge in [-0.05, 0) is 23.8 Å². The van der Waals surface area contributed by atoms with E-state index in [1.54, 1.807) is 16.9 Å². The zero-order chi connectivity index (χ0) is 13.0. The molecule has 0 fully saturated rings. The third kappa shape index (κ3) is 3.10. The molecular formula is C13H16N4O. The first kappa shape index (κ1) is 12.2. The Bertz CT molecular complexity index is 547. The largest absolute Gasteiger partial charge is 0.399 e. The smallest absolute Gasteiger partial charge is 0.224 e. The minimum Gasteiger partial charge on any atom is -0.399 e. The number of hydrogen-bond acceptors (Lipinski definition) is 3. The van der Waals surface area contributed by atoms with Crippen LogP contribution in [0.3, 0.4) is 0 Å². The number of carbonyl (C=O) groups is 1. The lowest BCUT2D eigenvalue weighted by Gasteiger charge is -2.06. The fraction of sp³-hybridized carbons (Fsp3) is 0.231. The molecule has 0 unspecified atom stereocenters. The van der Waals surface area contributed by atoms with Gasteiger partial charge in [0.15, 0.2) is 0 Å². The normalized spacial score (nSPS) is 10.3. The van der Waals surface area contributed by atoms with Gasteiger partial charge < -0.3 is 11.1 Å². The van der Waals surface area contributed by atoms with Crippen molar-refractivity contribution >= 4 is 11.6 Å². The van der Waals surface area contributed by atoms with Gasteiger partial charge in [-0.25, -0.2) is 0 Å². The average molecular weight is 244 g/mol. The van der Waals surface area contributed by atoms with Crippen molar-refractivity contribution in [2.45, 2.75) is 13.0 Å². The van der Waals surface area contributed by atoms with E-state index in [4.69, 9.17) is 5.73 Å². The number of benzene rings is 1. The van der Waals surface area contributed by atoms with Crippen molar-refractivity contribution in [2.24, 2.45) is 7.05 Å². The number of nitrogens with two attached hydrogens (primary N) is 1. The summed E-state index contributed by atoms with van der Waals surface area (Å²) in [5.74, 6) is -0.0261. The summed E-state index contributed by atoms with van der Waals surface area (Å²) in [6.07, 6.45) is 2.04. The van der Waals surface area contributed by atoms with E-state index in [1.807, 2.05) is 31.3 Å². The molecule has 0 aliphatic carbocycles. The third-order valence-corrected chi connectivity index (χ3v) is 2.70. The van der Waals surface area contributed by atoms with E-state index in [-0.39, 0.29) is 5.91 Å². The van der Waals surface area contributed by atoms with Gasteiger partial charge in [0.05, 0.1) is 18.7 Å². The van der Waals surface area contributed by atoms with Gasteiger partial charge in [0, 0.05) is 18.9 Å². The van der Waals surface area contributed by atoms with Crippen LogP contribution in [0, 0.1) is 0 Å². The van der Waals surface area contributed by atoms with Crippen LogP contribution in [0.5, 0.6) is 0 Å². The van der Waals surface area contributed by atoms with E-state index >= 15 is 0 Å². The van der Waals surface area contributed by atoms with Crippen LogP contribution in [0.1, 0.15) is 11.3 Å². The quantitative estimate of drug-likeness (QED) is 0.783. The van der Waals surface area contributed by atoms with Gasteiger partial charge in [-0.15, -0.1) is 0 Å². The molecule has 0 spiro atoms. The molecule has 18 heavy (non-hydrogen) atoms. The standard InChI is InChI=1S/C13H16N4O/c1-17-12(5-6-16-17)9-15-13(18)8-10-3-2-4-11(14)7-10/h2-7H,8-9,14H2,1H3,(H,15,18). The Morgan fingerprint density at radius 3 is 2.94 bits per heavy atom. The third-order valence-electron chi connectivity index (χ3n) is 2.70. The Balaban J connectivity index is 1.88. The number of rotatable bonds is 4. The molecule has 0 saturated carbocycles. The fourth-order valence-corrected chi connectivity index (χ4v) is 1.71. The number of aromatic nitrogens is 2. The lowest BCUT2D eigenvalue weighted by molar-refractivity contribution is -0.120. The summed E-state index contributed by atoms with van der Waals surface area (Å²) < 4.78 is 1.74. The van der Waals surface area contributed by atoms with Gasteiger partial charge in [-0.3, -0.25) is 9.48 Å². The van der Waals surface area contributed by atoms with E-state index in [2.05, 4.69) is 10.4 Å². The summed E-state index contributed by atoms with van der Waals surface area (Å²) >= 11 is 0. The number of carbonyl (C=O) groups excluding carboxylic acids is 1. The predicted octanol–water partition coefficient (Wildman–Crippen LogP) is 0.861. The number of anilines is 1. The molecule has 0 aliphatic rings. The Kier molecular flexibility index (Phi) is 3.62. The predicted molar refractivity (Wildman–Crippen MR) is 69.6 cm³/mol. The van der Waals surface area contributed by atoms with Gasteiger partial charge >= 0.3 is 0 Å². The van der Waals surface area contributed by atoms with Crippen molar-refractivity contribution in [2.75, 3.05) is 5.73 Å². The summed E-state index contributed by atoms with van der Waals surface area (Å²) in [5.41, 5.74) is 8.22. The maximum Gasteiger partial charge on any atom is 0.224 e. The molecule has 94 valence electrons. The van der Waals surface area contributed by atoms with Crippen LogP contribution in [0.25, 0.3) is 0 Å². The van der Waals surface area contributed by atoms with Crippen LogP contribution in [0.2, 0.25) is 0 Å². The lowest BCUT2D eigenvalue weighted by atomic mass is 10.1. The van der Waals surface area contributed by atoms with Crippen molar-refractivity contribution in [3.05, 3.63) is 47.8 Å². The van der Waals surface area contributed by atoms with E-state index in [1.165, 1.54) is 0 Å². The second-order valence-electron chi connectivity index (χ2n) is 4.14. The molecule has 0 bridgehead atoms. The van der Waals surface area contributed by atoms with Crippen LogP contribution >= 0.6 is 0 Å². The number of nitrogens with one attached hydrogen (secondary N) is 1. The van der Waals surface area contributed by atoms with Crippen molar-refractivity contribution in [1.29, 1.82) is 0 Å². The molecule has 5 heteroatoms. The zero-order valence-electron chi connectivity index (χ0n) is 10.3. The molecule has 2 rings (SSSR count). The Hall–Kier alpha value is -2.30. The average Bonchev–Trinajstić information content (AvgIpc) is 2.72. The fourth-order valence-electron chi connectivity index (χ4n) is 1.71. The van der Waals surface area contributed by atoms with E-state index in [0.29, 0.717) is 18.7 Å². The van der Waals surface area contributed by atoms with Crippen molar-refractivity contribution < 1.29 is 4.79 Å². The molecule has 1 aromatic heterocycles. The first-order valence-electron chi connectivity index (χ1n) is 5.73. The number of nitrogen functional groups attached to an aromatic ring is 1. The molecule has 0 saturated heterocycles. The minimum atomic E-state index is -0.0261. The Labute approximate surface area is 106 Å². The second kappa shape index (κ2) is 5.35. The molecule has 1 aromatic carbocycles. The van der Waals surface area contributed by atoms with Gasteiger partial charge in [0.25, 0.3) is 0 Å². The summed E-state index contributed by atoms with van der Waals surface area (Å²) in [6.45, 7) is 0.484. The monoisotopic (exact) mass is 244 g/mol. The number of amides is 1. The highest BCUT2D eigenvalue weighted by Crippen LogP contribution is 2.07. The molecule has 2 aromatic rings. The molecule has 0 atom stereocenters. The molecule has 3 N–H and O–H groups in total. The lowest BCUT2D eigenvalue weighted by Crippen LogP contribution is -2.25. The summed E-state index contributed by atoms with van der Waals surface area (Å²) in [6, 6.07) is 9.22. The summed E-state index contributed by atoms with van der Waals surface area (Å²) in [7, 11) is 1.85. The van der Waals surface area contributed by atoms with Crippen LogP contribution in [-0.2, 0) is 24.8 Å². The highest BCUT2D eigenvalue weighted by Gasteiger charge is 2.05. The number of hydrogen-bond donors (Lipinski definition) is 2. The zero-order valence-corrected chi connectivity index (χ0v) is 10.3. The van der Waals surface area contributed by atoms with Gasteiger partial charge in [-0.1, -0.05) is 12.1 Å². The molecule has 5 nitrogen and oxygen atoms in total. The number of nitrogens with zero attached hydrogens (tertiary/aromatic N) is 2. The second-order valence-corrected chi connectivity index (χ2v) is 4.14.